The van der Waals surface area contributed by atoms with Crippen LogP contribution in [0.4, 0.5) is 0 Å². The van der Waals surface area contributed by atoms with E-state index in [-0.39, 0.29) is 0 Å². The molecule has 0 radical (unpaired) electrons. The van der Waals surface area contributed by atoms with Crippen LogP contribution < -0.4 is 5.73 Å². The third kappa shape index (κ3) is 1.16. The maximum atomic E-state index is 9.35. The third-order valence-electron chi connectivity index (χ3n) is 1.46. The standard InChI is InChI=1S/C5H11NOS/c6-3-5(7)1-2-8-4-5/h7H,1-4,6H2/t5-/m0/s1. The molecule has 1 fully saturated rings. The zero-order chi connectivity index (χ0) is 6.04. The molecule has 0 saturated carbocycles. The van der Waals surface area contributed by atoms with Crippen LogP contribution in [0.1, 0.15) is 6.42 Å². The summed E-state index contributed by atoms with van der Waals surface area (Å²) in [6.45, 7) is 0.417. The second-order valence-corrected chi connectivity index (χ2v) is 3.34. The summed E-state index contributed by atoms with van der Waals surface area (Å²) in [5.41, 5.74) is 4.78. The molecule has 0 aromatic rings. The molecule has 3 N–H and O–H groups in total. The van der Waals surface area contributed by atoms with Gasteiger partial charge in [0.05, 0.1) is 5.60 Å². The smallest absolute Gasteiger partial charge is 0.0867 e. The molecular formula is C5H11NOS. The van der Waals surface area contributed by atoms with Gasteiger partial charge in [0.15, 0.2) is 0 Å². The fourth-order valence-electron chi connectivity index (χ4n) is 0.757. The van der Waals surface area contributed by atoms with Crippen molar-refractivity contribution in [3.8, 4) is 0 Å². The van der Waals surface area contributed by atoms with Crippen molar-refractivity contribution in [1.82, 2.24) is 0 Å². The fraction of sp³-hybridized carbons (Fsp3) is 1.00. The molecular weight excluding hydrogens is 122 g/mol. The van der Waals surface area contributed by atoms with Crippen molar-refractivity contribution in [3.05, 3.63) is 0 Å². The van der Waals surface area contributed by atoms with Crippen LogP contribution in [0.5, 0.6) is 0 Å². The SMILES string of the molecule is NC[C@@]1(O)CCSC1. The maximum Gasteiger partial charge on any atom is 0.0867 e. The Morgan fingerprint density at radius 2 is 2.50 bits per heavy atom. The zero-order valence-corrected chi connectivity index (χ0v) is 5.58. The quantitative estimate of drug-likeness (QED) is 0.521. The first-order valence-corrected chi connectivity index (χ1v) is 3.92. The minimum Gasteiger partial charge on any atom is -0.388 e. The molecule has 0 spiro atoms. The summed E-state index contributed by atoms with van der Waals surface area (Å²) in [7, 11) is 0. The third-order valence-corrected chi connectivity index (χ3v) is 2.70. The van der Waals surface area contributed by atoms with E-state index < -0.39 is 5.60 Å². The van der Waals surface area contributed by atoms with Crippen LogP contribution in [0.2, 0.25) is 0 Å². The van der Waals surface area contributed by atoms with E-state index in [1.807, 2.05) is 0 Å². The summed E-state index contributed by atoms with van der Waals surface area (Å²) in [4.78, 5) is 0. The van der Waals surface area contributed by atoms with Gasteiger partial charge in [-0.3, -0.25) is 0 Å². The second kappa shape index (κ2) is 2.25. The molecule has 0 aromatic heterocycles. The average Bonchev–Trinajstić information content (AvgIpc) is 2.17. The van der Waals surface area contributed by atoms with E-state index in [9.17, 15) is 5.11 Å². The largest absolute Gasteiger partial charge is 0.388 e. The lowest BCUT2D eigenvalue weighted by molar-refractivity contribution is 0.0774. The van der Waals surface area contributed by atoms with Crippen LogP contribution in [0.25, 0.3) is 0 Å². The van der Waals surface area contributed by atoms with Gasteiger partial charge in [-0.1, -0.05) is 0 Å². The molecule has 1 atom stereocenters. The van der Waals surface area contributed by atoms with Crippen molar-refractivity contribution in [2.75, 3.05) is 18.1 Å². The Labute approximate surface area is 53.5 Å². The van der Waals surface area contributed by atoms with Crippen molar-refractivity contribution >= 4 is 11.8 Å². The zero-order valence-electron chi connectivity index (χ0n) is 4.76. The number of thioether (sulfide) groups is 1. The molecule has 1 saturated heterocycles. The number of rotatable bonds is 1. The summed E-state index contributed by atoms with van der Waals surface area (Å²) in [6.07, 6.45) is 0.869. The number of aliphatic hydroxyl groups is 1. The molecule has 2 nitrogen and oxygen atoms in total. The molecule has 1 heterocycles. The van der Waals surface area contributed by atoms with Crippen molar-refractivity contribution in [3.63, 3.8) is 0 Å². The lowest BCUT2D eigenvalue weighted by Crippen LogP contribution is -2.37. The van der Waals surface area contributed by atoms with Crippen LogP contribution in [0, 0.1) is 0 Å². The van der Waals surface area contributed by atoms with Gasteiger partial charge in [-0.25, -0.2) is 0 Å². The Morgan fingerprint density at radius 1 is 1.75 bits per heavy atom. The molecule has 1 aliphatic rings. The highest BCUT2D eigenvalue weighted by atomic mass is 32.2. The minimum absolute atomic E-state index is 0.417. The van der Waals surface area contributed by atoms with E-state index in [0.717, 1.165) is 17.9 Å². The van der Waals surface area contributed by atoms with E-state index >= 15 is 0 Å². The molecule has 0 aromatic carbocycles. The molecule has 1 rings (SSSR count). The lowest BCUT2D eigenvalue weighted by atomic mass is 10.1. The molecule has 3 heteroatoms. The molecule has 0 unspecified atom stereocenters. The number of nitrogens with two attached hydrogens (primary N) is 1. The Bertz CT molecular complexity index is 80.5. The Hall–Kier alpha value is 0.270. The molecule has 0 amide bonds. The van der Waals surface area contributed by atoms with Crippen molar-refractivity contribution in [2.45, 2.75) is 12.0 Å². The first-order valence-electron chi connectivity index (χ1n) is 2.77. The highest BCUT2D eigenvalue weighted by Gasteiger charge is 2.29. The van der Waals surface area contributed by atoms with E-state index in [1.165, 1.54) is 0 Å². The maximum absolute atomic E-state index is 9.35. The van der Waals surface area contributed by atoms with Crippen molar-refractivity contribution < 1.29 is 5.11 Å². The van der Waals surface area contributed by atoms with Gasteiger partial charge in [-0.15, -0.1) is 0 Å². The van der Waals surface area contributed by atoms with Gasteiger partial charge in [0, 0.05) is 12.3 Å². The van der Waals surface area contributed by atoms with Crippen LogP contribution in [-0.2, 0) is 0 Å². The van der Waals surface area contributed by atoms with E-state index in [1.54, 1.807) is 11.8 Å². The summed E-state index contributed by atoms with van der Waals surface area (Å²) in [5, 5.41) is 9.35. The molecule has 0 bridgehead atoms. The van der Waals surface area contributed by atoms with Gasteiger partial charge in [0.2, 0.25) is 0 Å². The van der Waals surface area contributed by atoms with E-state index in [0.29, 0.717) is 6.54 Å². The summed E-state index contributed by atoms with van der Waals surface area (Å²) in [6, 6.07) is 0. The van der Waals surface area contributed by atoms with Crippen LogP contribution >= 0.6 is 11.8 Å². The van der Waals surface area contributed by atoms with Crippen molar-refractivity contribution in [2.24, 2.45) is 5.73 Å². The summed E-state index contributed by atoms with van der Waals surface area (Å²) >= 11 is 1.78. The predicted molar refractivity (Wildman–Crippen MR) is 35.9 cm³/mol. The second-order valence-electron chi connectivity index (χ2n) is 2.23. The Morgan fingerprint density at radius 3 is 2.75 bits per heavy atom. The van der Waals surface area contributed by atoms with Gasteiger partial charge in [-0.2, -0.15) is 11.8 Å². The van der Waals surface area contributed by atoms with Crippen LogP contribution in [-0.4, -0.2) is 28.8 Å². The predicted octanol–water partition coefficient (Wildman–Crippen LogP) is -0.187. The van der Waals surface area contributed by atoms with E-state index in [4.69, 9.17) is 5.73 Å². The first kappa shape index (κ1) is 6.39. The van der Waals surface area contributed by atoms with Crippen LogP contribution in [0.3, 0.4) is 0 Å². The highest BCUT2D eigenvalue weighted by molar-refractivity contribution is 7.99. The normalized spacial score (nSPS) is 38.2. The fourth-order valence-corrected chi connectivity index (χ4v) is 2.07. The first-order chi connectivity index (χ1) is 3.77. The molecule has 0 aliphatic carbocycles. The number of hydrogen-bond donors (Lipinski definition) is 2. The Balaban J connectivity index is 2.40. The van der Waals surface area contributed by atoms with Gasteiger partial charge in [-0.05, 0) is 12.2 Å². The summed E-state index contributed by atoms with van der Waals surface area (Å²) < 4.78 is 0. The topological polar surface area (TPSA) is 46.2 Å². The molecule has 8 heavy (non-hydrogen) atoms. The van der Waals surface area contributed by atoms with Gasteiger partial charge in [0.1, 0.15) is 0 Å². The van der Waals surface area contributed by atoms with Crippen LogP contribution in [0.15, 0.2) is 0 Å². The highest BCUT2D eigenvalue weighted by Crippen LogP contribution is 2.26. The Kier molecular flexibility index (Phi) is 1.80. The van der Waals surface area contributed by atoms with Gasteiger partial charge >= 0.3 is 0 Å². The van der Waals surface area contributed by atoms with Gasteiger partial charge in [0.25, 0.3) is 0 Å². The average molecular weight is 133 g/mol. The number of hydrogen-bond acceptors (Lipinski definition) is 3. The summed E-state index contributed by atoms with van der Waals surface area (Å²) in [5.74, 6) is 1.89. The monoisotopic (exact) mass is 133 g/mol. The van der Waals surface area contributed by atoms with E-state index in [2.05, 4.69) is 0 Å². The van der Waals surface area contributed by atoms with Gasteiger partial charge < -0.3 is 10.8 Å². The lowest BCUT2D eigenvalue weighted by Gasteiger charge is -2.17. The molecule has 1 aliphatic heterocycles. The van der Waals surface area contributed by atoms with Crippen molar-refractivity contribution in [1.29, 1.82) is 0 Å². The minimum atomic E-state index is -0.523. The molecule has 48 valence electrons.